The number of hydrogen-bond donors (Lipinski definition) is 2. The summed E-state index contributed by atoms with van der Waals surface area (Å²) in [7, 11) is 0. The van der Waals surface area contributed by atoms with Crippen molar-refractivity contribution < 1.29 is 14.3 Å². The van der Waals surface area contributed by atoms with Crippen molar-refractivity contribution in [2.75, 3.05) is 26.3 Å². The molecule has 0 bridgehead atoms. The van der Waals surface area contributed by atoms with Crippen molar-refractivity contribution in [1.82, 2.24) is 25.6 Å². The molecule has 1 atom stereocenters. The third-order valence-electron chi connectivity index (χ3n) is 4.51. The molecule has 1 amide bonds. The smallest absolute Gasteiger partial charge is 0.274 e. The lowest BCUT2D eigenvalue weighted by molar-refractivity contribution is 0.0925. The zero-order chi connectivity index (χ0) is 17.2. The maximum Gasteiger partial charge on any atom is 0.274 e. The maximum atomic E-state index is 12.5. The molecule has 1 aromatic heterocycles. The van der Waals surface area contributed by atoms with Crippen molar-refractivity contribution >= 4 is 5.91 Å². The van der Waals surface area contributed by atoms with E-state index in [4.69, 9.17) is 9.47 Å². The van der Waals surface area contributed by atoms with E-state index in [9.17, 15) is 4.79 Å². The predicted molar refractivity (Wildman–Crippen MR) is 90.4 cm³/mol. The number of carbonyl (C=O) groups excluding carboxylic acids is 1. The lowest BCUT2D eigenvalue weighted by atomic mass is 10.1. The van der Waals surface area contributed by atoms with E-state index in [0.29, 0.717) is 30.4 Å². The van der Waals surface area contributed by atoms with Gasteiger partial charge in [0.2, 0.25) is 0 Å². The highest BCUT2D eigenvalue weighted by atomic mass is 16.6. The molecule has 0 spiro atoms. The summed E-state index contributed by atoms with van der Waals surface area (Å²) in [6, 6.07) is 5.71. The zero-order valence-corrected chi connectivity index (χ0v) is 14.1. The fourth-order valence-electron chi connectivity index (χ4n) is 3.18. The van der Waals surface area contributed by atoms with Crippen LogP contribution in [0.2, 0.25) is 0 Å². The summed E-state index contributed by atoms with van der Waals surface area (Å²) in [5.41, 5.74) is 1.83. The van der Waals surface area contributed by atoms with Crippen LogP contribution in [0.25, 0.3) is 5.69 Å². The molecule has 0 aliphatic carbocycles. The summed E-state index contributed by atoms with van der Waals surface area (Å²) in [5, 5.41) is 14.5. The highest BCUT2D eigenvalue weighted by Crippen LogP contribution is 2.32. The molecular weight excluding hydrogens is 322 g/mol. The fourth-order valence-corrected chi connectivity index (χ4v) is 3.18. The Balaban J connectivity index is 1.55. The molecule has 0 unspecified atom stereocenters. The number of ether oxygens (including phenoxy) is 2. The van der Waals surface area contributed by atoms with E-state index >= 15 is 0 Å². The largest absolute Gasteiger partial charge is 0.486 e. The molecule has 2 N–H and O–H groups in total. The molecular formula is C17H21N5O3. The van der Waals surface area contributed by atoms with Crippen LogP contribution in [0.15, 0.2) is 18.2 Å². The first-order valence-corrected chi connectivity index (χ1v) is 8.56. The number of rotatable bonds is 3. The Morgan fingerprint density at radius 1 is 1.32 bits per heavy atom. The Bertz CT molecular complexity index is 783. The quantitative estimate of drug-likeness (QED) is 0.858. The molecule has 1 aromatic carbocycles. The lowest BCUT2D eigenvalue weighted by Crippen LogP contribution is -2.45. The number of fused-ring (bicyclic) bond motifs is 1. The fraction of sp³-hybridized carbons (Fsp3) is 0.471. The number of carbonyl (C=O) groups is 1. The maximum absolute atomic E-state index is 12.5. The second-order valence-electron chi connectivity index (χ2n) is 6.28. The van der Waals surface area contributed by atoms with Crippen LogP contribution in [0, 0.1) is 6.92 Å². The minimum Gasteiger partial charge on any atom is -0.486 e. The monoisotopic (exact) mass is 343 g/mol. The lowest BCUT2D eigenvalue weighted by Gasteiger charge is -2.23. The van der Waals surface area contributed by atoms with Gasteiger partial charge in [-0.15, -0.1) is 5.10 Å². The first-order valence-electron chi connectivity index (χ1n) is 8.56. The van der Waals surface area contributed by atoms with Crippen LogP contribution in [0.1, 0.15) is 29.0 Å². The average molecular weight is 343 g/mol. The summed E-state index contributed by atoms with van der Waals surface area (Å²) in [5.74, 6) is 1.21. The van der Waals surface area contributed by atoms with Gasteiger partial charge in [0.1, 0.15) is 13.2 Å². The van der Waals surface area contributed by atoms with Crippen LogP contribution < -0.4 is 20.1 Å². The van der Waals surface area contributed by atoms with Crippen molar-refractivity contribution in [2.24, 2.45) is 0 Å². The van der Waals surface area contributed by atoms with E-state index in [1.807, 2.05) is 25.1 Å². The number of nitrogens with zero attached hydrogens (tertiary/aromatic N) is 3. The first kappa shape index (κ1) is 15.9. The van der Waals surface area contributed by atoms with Crippen LogP contribution in [0.4, 0.5) is 0 Å². The van der Waals surface area contributed by atoms with Crippen LogP contribution in [-0.2, 0) is 0 Å². The molecule has 2 aliphatic rings. The van der Waals surface area contributed by atoms with Crippen LogP contribution in [-0.4, -0.2) is 53.2 Å². The molecule has 2 aromatic rings. The Kier molecular flexibility index (Phi) is 4.27. The van der Waals surface area contributed by atoms with Gasteiger partial charge < -0.3 is 20.1 Å². The summed E-state index contributed by atoms with van der Waals surface area (Å²) < 4.78 is 12.8. The van der Waals surface area contributed by atoms with E-state index in [1.54, 1.807) is 4.68 Å². The molecule has 4 rings (SSSR count). The minimum atomic E-state index is -0.185. The summed E-state index contributed by atoms with van der Waals surface area (Å²) in [4.78, 5) is 12.5. The van der Waals surface area contributed by atoms with E-state index in [0.717, 1.165) is 37.4 Å². The van der Waals surface area contributed by atoms with Gasteiger partial charge in [0.15, 0.2) is 17.2 Å². The second-order valence-corrected chi connectivity index (χ2v) is 6.28. The Labute approximate surface area is 145 Å². The van der Waals surface area contributed by atoms with Gasteiger partial charge >= 0.3 is 0 Å². The number of nitrogens with one attached hydrogen (secondary N) is 2. The average Bonchev–Trinajstić information content (AvgIpc) is 3.04. The van der Waals surface area contributed by atoms with E-state index in [1.165, 1.54) is 0 Å². The van der Waals surface area contributed by atoms with Crippen molar-refractivity contribution in [3.8, 4) is 17.2 Å². The van der Waals surface area contributed by atoms with Crippen molar-refractivity contribution in [2.45, 2.75) is 25.8 Å². The van der Waals surface area contributed by atoms with E-state index in [2.05, 4.69) is 20.9 Å². The molecule has 132 valence electrons. The minimum absolute atomic E-state index is 0.139. The number of benzene rings is 1. The number of hydrogen-bond acceptors (Lipinski definition) is 6. The normalized spacial score (nSPS) is 19.5. The molecule has 1 fully saturated rings. The molecule has 25 heavy (non-hydrogen) atoms. The van der Waals surface area contributed by atoms with Crippen LogP contribution in [0.5, 0.6) is 11.5 Å². The highest BCUT2D eigenvalue weighted by molar-refractivity contribution is 5.93. The Hall–Kier alpha value is -2.61. The van der Waals surface area contributed by atoms with Gasteiger partial charge in [-0.2, -0.15) is 0 Å². The van der Waals surface area contributed by atoms with Gasteiger partial charge in [-0.3, -0.25) is 4.79 Å². The summed E-state index contributed by atoms with van der Waals surface area (Å²) in [6.07, 6.45) is 2.04. The second kappa shape index (κ2) is 6.72. The first-order chi connectivity index (χ1) is 12.2. The van der Waals surface area contributed by atoms with Gasteiger partial charge in [-0.1, -0.05) is 5.21 Å². The number of amides is 1. The van der Waals surface area contributed by atoms with Crippen LogP contribution in [0.3, 0.4) is 0 Å². The van der Waals surface area contributed by atoms with Crippen molar-refractivity contribution in [1.29, 1.82) is 0 Å². The Morgan fingerprint density at radius 2 is 2.16 bits per heavy atom. The molecule has 0 saturated carbocycles. The topological polar surface area (TPSA) is 90.3 Å². The molecule has 8 nitrogen and oxygen atoms in total. The molecule has 8 heteroatoms. The molecule has 0 radical (unpaired) electrons. The van der Waals surface area contributed by atoms with Gasteiger partial charge in [-0.05, 0) is 38.4 Å². The van der Waals surface area contributed by atoms with Crippen LogP contribution >= 0.6 is 0 Å². The third kappa shape index (κ3) is 3.17. The predicted octanol–water partition coefficient (Wildman–Crippen LogP) is 0.829. The van der Waals surface area contributed by atoms with E-state index < -0.39 is 0 Å². The molecule has 3 heterocycles. The Morgan fingerprint density at radius 3 is 2.96 bits per heavy atom. The van der Waals surface area contributed by atoms with Gasteiger partial charge in [0.25, 0.3) is 5.91 Å². The number of aromatic nitrogens is 3. The van der Waals surface area contributed by atoms with E-state index in [-0.39, 0.29) is 11.9 Å². The van der Waals surface area contributed by atoms with Crippen molar-refractivity contribution in [3.63, 3.8) is 0 Å². The standard InChI is InChI=1S/C17H21N5O3/c1-11-16(17(23)19-12-3-2-6-18-10-12)20-21-22(11)13-4-5-14-15(9-13)25-8-7-24-14/h4-5,9,12,18H,2-3,6-8,10H2,1H3,(H,19,23)/t12-/m0/s1. The zero-order valence-electron chi connectivity index (χ0n) is 14.1. The van der Waals surface area contributed by atoms with Crippen molar-refractivity contribution in [3.05, 3.63) is 29.6 Å². The summed E-state index contributed by atoms with van der Waals surface area (Å²) >= 11 is 0. The van der Waals surface area contributed by atoms with Gasteiger partial charge in [0, 0.05) is 18.7 Å². The highest BCUT2D eigenvalue weighted by Gasteiger charge is 2.22. The van der Waals surface area contributed by atoms with Gasteiger partial charge in [-0.25, -0.2) is 4.68 Å². The third-order valence-corrected chi connectivity index (χ3v) is 4.51. The SMILES string of the molecule is Cc1c(C(=O)N[C@H]2CCCNC2)nnn1-c1ccc2c(c1)OCCO2. The molecule has 2 aliphatic heterocycles. The number of piperidine rings is 1. The van der Waals surface area contributed by atoms with Gasteiger partial charge in [0.05, 0.1) is 11.4 Å². The molecule has 1 saturated heterocycles. The summed E-state index contributed by atoms with van der Waals surface area (Å²) in [6.45, 7) is 4.71.